The first-order chi connectivity index (χ1) is 17.0. The van der Waals surface area contributed by atoms with E-state index in [-0.39, 0.29) is 41.3 Å². The van der Waals surface area contributed by atoms with Crippen LogP contribution in [-0.2, 0) is 11.3 Å². The van der Waals surface area contributed by atoms with Gasteiger partial charge >= 0.3 is 6.36 Å². The number of aliphatic hydroxyl groups is 1. The van der Waals surface area contributed by atoms with Crippen LogP contribution in [0.2, 0.25) is 0 Å². The zero-order valence-corrected chi connectivity index (χ0v) is 20.1. The molecule has 0 radical (unpaired) electrons. The summed E-state index contributed by atoms with van der Waals surface area (Å²) in [5, 5.41) is 29.9. The van der Waals surface area contributed by atoms with Crippen LogP contribution in [0, 0.1) is 22.7 Å². The minimum atomic E-state index is -4.75. The quantitative estimate of drug-likeness (QED) is 0.473. The Morgan fingerprint density at radius 2 is 1.86 bits per heavy atom. The zero-order chi connectivity index (χ0) is 25.8. The second-order valence-corrected chi connectivity index (χ2v) is 10.4. The number of methoxy groups -OCH3 is 1. The lowest BCUT2D eigenvalue weighted by molar-refractivity contribution is -0.274. The number of hydrogen-bond acceptors (Lipinski definition) is 6. The van der Waals surface area contributed by atoms with Crippen LogP contribution in [0.15, 0.2) is 36.4 Å². The highest BCUT2D eigenvalue weighted by molar-refractivity contribution is 5.88. The Balaban J connectivity index is 1.43. The average Bonchev–Trinajstić information content (AvgIpc) is 3.05. The highest BCUT2D eigenvalue weighted by Gasteiger charge is 2.58. The van der Waals surface area contributed by atoms with Crippen LogP contribution in [0.5, 0.6) is 17.2 Å². The largest absolute Gasteiger partial charge is 0.573 e. The van der Waals surface area contributed by atoms with E-state index in [9.17, 15) is 23.4 Å². The summed E-state index contributed by atoms with van der Waals surface area (Å²) < 4.78 is 53.0. The van der Waals surface area contributed by atoms with Crippen molar-refractivity contribution in [3.8, 4) is 17.2 Å². The predicted octanol–water partition coefficient (Wildman–Crippen LogP) is 5.86. The Hall–Kier alpha value is -2.78. The smallest absolute Gasteiger partial charge is 0.504 e. The molecular formula is C27H30F3NO5. The fourth-order valence-electron chi connectivity index (χ4n) is 6.72. The van der Waals surface area contributed by atoms with Gasteiger partial charge in [0.05, 0.1) is 25.9 Å². The molecule has 3 N–H and O–H groups in total. The third-order valence-electron chi connectivity index (χ3n) is 8.42. The molecule has 3 aliphatic rings. The standard InChI is InChI=1S/C27H30F3NO5/c1-26-8-7-16-17-10-23(34-2)21(32)9-18(17)22(11-19(16)25(26)20(31)12-24(26)33)35-13-14-3-5-15(6-4-14)36-27(28,29)30/h3-6,9-10,16,19,22,24-25,31-33H,7-8,11-13H2,1-2H3/t16-,19-,22?,24?,25-,26-/m1/s1. The molecule has 5 rings (SSSR count). The minimum Gasteiger partial charge on any atom is -0.504 e. The number of halogens is 3. The lowest BCUT2D eigenvalue weighted by atomic mass is 9.54. The highest BCUT2D eigenvalue weighted by atomic mass is 19.4. The van der Waals surface area contributed by atoms with Gasteiger partial charge in [-0.1, -0.05) is 19.1 Å². The van der Waals surface area contributed by atoms with Crippen molar-refractivity contribution < 1.29 is 37.6 Å². The number of nitrogens with one attached hydrogen (secondary N) is 1. The van der Waals surface area contributed by atoms with Gasteiger partial charge in [-0.15, -0.1) is 13.2 Å². The number of rotatable bonds is 5. The molecule has 2 saturated carbocycles. The summed E-state index contributed by atoms with van der Waals surface area (Å²) in [5.41, 5.74) is 2.79. The second-order valence-electron chi connectivity index (χ2n) is 10.4. The molecule has 0 bridgehead atoms. The van der Waals surface area contributed by atoms with Crippen LogP contribution in [-0.4, -0.2) is 35.5 Å². The number of hydrogen-bond donors (Lipinski definition) is 3. The van der Waals surface area contributed by atoms with Crippen molar-refractivity contribution in [3.63, 3.8) is 0 Å². The number of alkyl halides is 3. The van der Waals surface area contributed by atoms with E-state index in [0.29, 0.717) is 29.9 Å². The zero-order valence-electron chi connectivity index (χ0n) is 20.1. The second kappa shape index (κ2) is 8.95. The van der Waals surface area contributed by atoms with Crippen LogP contribution < -0.4 is 9.47 Å². The Bertz CT molecular complexity index is 1150. The molecule has 0 aliphatic heterocycles. The van der Waals surface area contributed by atoms with Crippen LogP contribution in [0.1, 0.15) is 61.3 Å². The van der Waals surface area contributed by atoms with Gasteiger partial charge in [0.25, 0.3) is 0 Å². The van der Waals surface area contributed by atoms with Crippen LogP contribution in [0.4, 0.5) is 13.2 Å². The molecule has 6 nitrogen and oxygen atoms in total. The summed E-state index contributed by atoms with van der Waals surface area (Å²) in [6.45, 7) is 2.23. The molecule has 0 aromatic heterocycles. The van der Waals surface area contributed by atoms with Gasteiger partial charge in [-0.25, -0.2) is 0 Å². The molecule has 0 spiro atoms. The van der Waals surface area contributed by atoms with Crippen molar-refractivity contribution >= 4 is 5.71 Å². The van der Waals surface area contributed by atoms with Crippen molar-refractivity contribution in [1.29, 1.82) is 5.41 Å². The van der Waals surface area contributed by atoms with Gasteiger partial charge in [0.1, 0.15) is 5.75 Å². The van der Waals surface area contributed by atoms with E-state index in [4.69, 9.17) is 14.9 Å². The number of aromatic hydroxyl groups is 1. The normalized spacial score (nSPS) is 31.4. The number of ether oxygens (including phenoxy) is 3. The van der Waals surface area contributed by atoms with Crippen LogP contribution in [0.25, 0.3) is 0 Å². The topological polar surface area (TPSA) is 92.0 Å². The summed E-state index contributed by atoms with van der Waals surface area (Å²) in [6, 6.07) is 9.10. The molecule has 6 atom stereocenters. The molecule has 0 amide bonds. The number of fused-ring (bicyclic) bond motifs is 5. The van der Waals surface area contributed by atoms with Crippen molar-refractivity contribution in [2.24, 2.45) is 17.3 Å². The SMILES string of the molecule is COc1cc2c(cc1O)C(OCc1ccc(OC(F)(F)F)cc1)C[C@@H]1[C@@H]2CC[C@]2(C)C(O)CC(=N)[C@@H]12. The average molecular weight is 506 g/mol. The van der Waals surface area contributed by atoms with Gasteiger partial charge in [0.2, 0.25) is 0 Å². The van der Waals surface area contributed by atoms with Gasteiger partial charge in [0.15, 0.2) is 11.5 Å². The molecule has 2 fully saturated rings. The van der Waals surface area contributed by atoms with Crippen molar-refractivity contribution in [2.45, 2.75) is 63.7 Å². The fourth-order valence-corrected chi connectivity index (χ4v) is 6.72. The monoisotopic (exact) mass is 505 g/mol. The van der Waals surface area contributed by atoms with E-state index in [1.54, 1.807) is 6.07 Å². The molecule has 194 valence electrons. The molecule has 36 heavy (non-hydrogen) atoms. The fraction of sp³-hybridized carbons (Fsp3) is 0.519. The Labute approximate surface area is 207 Å². The number of phenols is 1. The van der Waals surface area contributed by atoms with Crippen molar-refractivity contribution in [1.82, 2.24) is 0 Å². The first-order valence-electron chi connectivity index (χ1n) is 12.1. The maximum Gasteiger partial charge on any atom is 0.573 e. The van der Waals surface area contributed by atoms with E-state index in [1.165, 1.54) is 31.4 Å². The molecule has 2 aromatic rings. The number of phenolic OH excluding ortho intramolecular Hbond substituents is 1. The van der Waals surface area contributed by atoms with E-state index in [1.807, 2.05) is 6.07 Å². The number of aliphatic hydroxyl groups excluding tert-OH is 1. The van der Waals surface area contributed by atoms with Gasteiger partial charge in [-0.3, -0.25) is 0 Å². The van der Waals surface area contributed by atoms with Crippen molar-refractivity contribution in [3.05, 3.63) is 53.1 Å². The summed E-state index contributed by atoms with van der Waals surface area (Å²) in [7, 11) is 1.50. The lowest BCUT2D eigenvalue weighted by Crippen LogP contribution is -2.46. The van der Waals surface area contributed by atoms with Crippen LogP contribution in [0.3, 0.4) is 0 Å². The Morgan fingerprint density at radius 1 is 1.14 bits per heavy atom. The van der Waals surface area contributed by atoms with E-state index in [2.05, 4.69) is 11.7 Å². The molecule has 0 saturated heterocycles. The summed E-state index contributed by atoms with van der Waals surface area (Å²) in [6.07, 6.45) is -3.01. The minimum absolute atomic E-state index is 0.0154. The highest BCUT2D eigenvalue weighted by Crippen LogP contribution is 2.62. The third kappa shape index (κ3) is 4.32. The molecular weight excluding hydrogens is 475 g/mol. The molecule has 9 heteroatoms. The predicted molar refractivity (Wildman–Crippen MR) is 125 cm³/mol. The third-order valence-corrected chi connectivity index (χ3v) is 8.42. The van der Waals surface area contributed by atoms with E-state index >= 15 is 0 Å². The first-order valence-corrected chi connectivity index (χ1v) is 12.1. The molecule has 2 unspecified atom stereocenters. The van der Waals surface area contributed by atoms with Gasteiger partial charge in [-0.05, 0) is 72.1 Å². The van der Waals surface area contributed by atoms with Gasteiger partial charge < -0.3 is 29.8 Å². The molecule has 2 aromatic carbocycles. The lowest BCUT2D eigenvalue weighted by Gasteiger charge is -2.51. The molecule has 3 aliphatic carbocycles. The van der Waals surface area contributed by atoms with E-state index < -0.39 is 18.6 Å². The Kier molecular flexibility index (Phi) is 6.19. The van der Waals surface area contributed by atoms with Crippen molar-refractivity contribution in [2.75, 3.05) is 7.11 Å². The molecule has 0 heterocycles. The Morgan fingerprint density at radius 3 is 2.53 bits per heavy atom. The summed E-state index contributed by atoms with van der Waals surface area (Å²) >= 11 is 0. The number of benzene rings is 2. The van der Waals surface area contributed by atoms with Gasteiger partial charge in [0, 0.05) is 23.5 Å². The first kappa shape index (κ1) is 24.9. The van der Waals surface area contributed by atoms with E-state index in [0.717, 1.165) is 24.0 Å². The van der Waals surface area contributed by atoms with Gasteiger partial charge in [-0.2, -0.15) is 0 Å². The van der Waals surface area contributed by atoms with Crippen LogP contribution >= 0.6 is 0 Å². The maximum atomic E-state index is 12.5. The maximum absolute atomic E-state index is 12.5. The summed E-state index contributed by atoms with van der Waals surface area (Å²) in [5.74, 6) is 0.266. The summed E-state index contributed by atoms with van der Waals surface area (Å²) in [4.78, 5) is 0.